The Morgan fingerprint density at radius 3 is 2.32 bits per heavy atom. The monoisotopic (exact) mass is 391 g/mol. The molecule has 3 heteroatoms. The summed E-state index contributed by atoms with van der Waals surface area (Å²) in [5.41, 5.74) is 6.61. The smallest absolute Gasteiger partial charge is 0.0605 e. The topological polar surface area (TPSA) is 66.5 Å². The van der Waals surface area contributed by atoms with E-state index in [9.17, 15) is 10.2 Å². The van der Waals surface area contributed by atoms with Crippen molar-refractivity contribution in [3.63, 3.8) is 0 Å². The second-order valence-corrected chi connectivity index (χ2v) is 11.7. The SMILES string of the molecule is CC[C@@H]1C2C[C@H](O)CCC2(C)C2CCC3(C)C([C@H](C)CCN)CC[C@H]3[C@@H]2[C@@H]1O. The van der Waals surface area contributed by atoms with Crippen molar-refractivity contribution >= 4 is 0 Å². The van der Waals surface area contributed by atoms with Crippen molar-refractivity contribution < 1.29 is 10.2 Å². The van der Waals surface area contributed by atoms with Gasteiger partial charge in [-0.2, -0.15) is 0 Å². The maximum atomic E-state index is 11.7. The molecule has 28 heavy (non-hydrogen) atoms. The first-order valence-corrected chi connectivity index (χ1v) is 12.3. The van der Waals surface area contributed by atoms with Crippen LogP contribution in [0.3, 0.4) is 0 Å². The molecule has 0 aromatic heterocycles. The van der Waals surface area contributed by atoms with Gasteiger partial charge in [0.1, 0.15) is 0 Å². The highest BCUT2D eigenvalue weighted by Gasteiger charge is 2.64. The lowest BCUT2D eigenvalue weighted by atomic mass is 9.41. The van der Waals surface area contributed by atoms with Gasteiger partial charge in [-0.05, 0) is 110 Å². The van der Waals surface area contributed by atoms with Crippen LogP contribution in [0.2, 0.25) is 0 Å². The van der Waals surface area contributed by atoms with Gasteiger partial charge in [0.05, 0.1) is 12.2 Å². The normalized spacial score (nSPS) is 54.5. The van der Waals surface area contributed by atoms with Gasteiger partial charge in [-0.1, -0.05) is 34.1 Å². The van der Waals surface area contributed by atoms with Crippen LogP contribution >= 0.6 is 0 Å². The third-order valence-corrected chi connectivity index (χ3v) is 10.8. The van der Waals surface area contributed by atoms with Crippen LogP contribution in [-0.4, -0.2) is 29.0 Å². The summed E-state index contributed by atoms with van der Waals surface area (Å²) in [4.78, 5) is 0. The minimum atomic E-state index is -0.174. The Kier molecular flexibility index (Phi) is 5.69. The maximum Gasteiger partial charge on any atom is 0.0605 e. The zero-order chi connectivity index (χ0) is 20.3. The third-order valence-electron chi connectivity index (χ3n) is 10.8. The van der Waals surface area contributed by atoms with Crippen LogP contribution in [0.1, 0.15) is 85.5 Å². The summed E-state index contributed by atoms with van der Waals surface area (Å²) >= 11 is 0. The second kappa shape index (κ2) is 7.54. The first-order valence-electron chi connectivity index (χ1n) is 12.3. The molecule has 4 aliphatic rings. The molecule has 0 heterocycles. The Bertz CT molecular complexity index is 567. The number of hydrogen-bond donors (Lipinski definition) is 3. The molecule has 11 atom stereocenters. The second-order valence-electron chi connectivity index (χ2n) is 11.7. The standard InChI is InChI=1S/C25H45NO2/c1-5-17-21-14-16(27)8-11-25(21,4)20-9-12-24(3)18(15(2)10-13-26)6-7-19(24)22(20)23(17)28/h15-23,27-28H,5-14,26H2,1-4H3/t15-,16-,17-,18?,19+,20?,21?,22+,23-,24?,25?/m1/s1. The molecule has 0 amide bonds. The number of nitrogens with two attached hydrogens (primary N) is 1. The maximum absolute atomic E-state index is 11.7. The molecule has 0 aromatic rings. The van der Waals surface area contributed by atoms with Crippen LogP contribution in [0.5, 0.6) is 0 Å². The lowest BCUT2D eigenvalue weighted by Gasteiger charge is -2.64. The summed E-state index contributed by atoms with van der Waals surface area (Å²) in [5, 5.41) is 22.1. The first kappa shape index (κ1) is 21.1. The molecule has 162 valence electrons. The van der Waals surface area contributed by atoms with E-state index in [4.69, 9.17) is 5.73 Å². The van der Waals surface area contributed by atoms with E-state index < -0.39 is 0 Å². The number of hydrogen-bond acceptors (Lipinski definition) is 3. The summed E-state index contributed by atoms with van der Waals surface area (Å²) in [7, 11) is 0. The Hall–Kier alpha value is -0.120. The molecule has 4 rings (SSSR count). The van der Waals surface area contributed by atoms with Crippen LogP contribution in [0.15, 0.2) is 0 Å². The Morgan fingerprint density at radius 1 is 0.964 bits per heavy atom. The fourth-order valence-electron chi connectivity index (χ4n) is 9.40. The molecular formula is C25H45NO2. The number of rotatable bonds is 4. The highest BCUT2D eigenvalue weighted by Crippen LogP contribution is 2.69. The van der Waals surface area contributed by atoms with Crippen LogP contribution in [0.25, 0.3) is 0 Å². The molecule has 0 bridgehead atoms. The lowest BCUT2D eigenvalue weighted by molar-refractivity contribution is -0.203. The first-order chi connectivity index (χ1) is 13.3. The summed E-state index contributed by atoms with van der Waals surface area (Å²) < 4.78 is 0. The van der Waals surface area contributed by atoms with Crippen molar-refractivity contribution in [3.05, 3.63) is 0 Å². The van der Waals surface area contributed by atoms with Crippen LogP contribution in [-0.2, 0) is 0 Å². The van der Waals surface area contributed by atoms with Crippen molar-refractivity contribution in [2.45, 2.75) is 97.7 Å². The Labute approximate surface area is 172 Å². The van der Waals surface area contributed by atoms with Gasteiger partial charge in [0.25, 0.3) is 0 Å². The lowest BCUT2D eigenvalue weighted by Crippen LogP contribution is -2.62. The van der Waals surface area contributed by atoms with Crippen molar-refractivity contribution in [1.29, 1.82) is 0 Å². The Morgan fingerprint density at radius 2 is 1.64 bits per heavy atom. The highest BCUT2D eigenvalue weighted by atomic mass is 16.3. The van der Waals surface area contributed by atoms with Crippen LogP contribution < -0.4 is 5.73 Å². The molecule has 4 aliphatic carbocycles. The zero-order valence-corrected chi connectivity index (χ0v) is 18.7. The fraction of sp³-hybridized carbons (Fsp3) is 1.00. The predicted molar refractivity (Wildman–Crippen MR) is 115 cm³/mol. The quantitative estimate of drug-likeness (QED) is 0.656. The molecule has 0 aromatic carbocycles. The van der Waals surface area contributed by atoms with Crippen molar-refractivity contribution in [3.8, 4) is 0 Å². The molecule has 0 saturated heterocycles. The van der Waals surface area contributed by atoms with E-state index in [0.29, 0.717) is 46.3 Å². The molecule has 0 spiro atoms. The summed E-state index contributed by atoms with van der Waals surface area (Å²) in [6, 6.07) is 0. The van der Waals surface area contributed by atoms with E-state index in [1.54, 1.807) is 0 Å². The van der Waals surface area contributed by atoms with Gasteiger partial charge < -0.3 is 15.9 Å². The van der Waals surface area contributed by atoms with Gasteiger partial charge in [0, 0.05) is 0 Å². The van der Waals surface area contributed by atoms with Gasteiger partial charge in [0.2, 0.25) is 0 Å². The average Bonchev–Trinajstić information content (AvgIpc) is 3.01. The molecular weight excluding hydrogens is 346 g/mol. The summed E-state index contributed by atoms with van der Waals surface area (Å²) in [5.74, 6) is 4.12. The molecule has 4 N–H and O–H groups in total. The van der Waals surface area contributed by atoms with E-state index in [1.165, 1.54) is 25.7 Å². The van der Waals surface area contributed by atoms with Gasteiger partial charge in [-0.3, -0.25) is 0 Å². The average molecular weight is 392 g/mol. The Balaban J connectivity index is 1.67. The van der Waals surface area contributed by atoms with Gasteiger partial charge in [0.15, 0.2) is 0 Å². The molecule has 5 unspecified atom stereocenters. The minimum Gasteiger partial charge on any atom is -0.393 e. The van der Waals surface area contributed by atoms with Crippen LogP contribution in [0, 0.1) is 52.3 Å². The largest absolute Gasteiger partial charge is 0.393 e. The molecule has 0 aliphatic heterocycles. The van der Waals surface area contributed by atoms with Gasteiger partial charge in [-0.25, -0.2) is 0 Å². The number of aliphatic hydroxyl groups excluding tert-OH is 2. The van der Waals surface area contributed by atoms with Crippen LogP contribution in [0.4, 0.5) is 0 Å². The molecule has 4 saturated carbocycles. The molecule has 3 nitrogen and oxygen atoms in total. The third kappa shape index (κ3) is 2.94. The van der Waals surface area contributed by atoms with E-state index in [2.05, 4.69) is 27.7 Å². The summed E-state index contributed by atoms with van der Waals surface area (Å²) in [6.07, 6.45) is 10.1. The van der Waals surface area contributed by atoms with E-state index in [0.717, 1.165) is 44.6 Å². The number of fused-ring (bicyclic) bond motifs is 5. The van der Waals surface area contributed by atoms with Crippen molar-refractivity contribution in [2.24, 2.45) is 58.0 Å². The predicted octanol–water partition coefficient (Wildman–Crippen LogP) is 4.60. The summed E-state index contributed by atoms with van der Waals surface area (Å²) in [6.45, 7) is 10.6. The zero-order valence-electron chi connectivity index (χ0n) is 18.7. The van der Waals surface area contributed by atoms with Crippen molar-refractivity contribution in [2.75, 3.05) is 6.54 Å². The highest BCUT2D eigenvalue weighted by molar-refractivity contribution is 5.13. The minimum absolute atomic E-state index is 0.155. The van der Waals surface area contributed by atoms with Gasteiger partial charge in [-0.15, -0.1) is 0 Å². The molecule has 0 radical (unpaired) electrons. The van der Waals surface area contributed by atoms with E-state index in [-0.39, 0.29) is 12.2 Å². The van der Waals surface area contributed by atoms with E-state index in [1.807, 2.05) is 0 Å². The fourth-order valence-corrected chi connectivity index (χ4v) is 9.40. The van der Waals surface area contributed by atoms with E-state index >= 15 is 0 Å². The van der Waals surface area contributed by atoms with Gasteiger partial charge >= 0.3 is 0 Å². The molecule has 4 fully saturated rings. The van der Waals surface area contributed by atoms with Crippen molar-refractivity contribution in [1.82, 2.24) is 0 Å². The number of aliphatic hydroxyl groups is 2.